The molecule has 0 aliphatic heterocycles. The lowest BCUT2D eigenvalue weighted by molar-refractivity contribution is -0.142. The maximum Gasteiger partial charge on any atom is 0.302 e. The molecule has 18 heavy (non-hydrogen) atoms. The van der Waals surface area contributed by atoms with Crippen molar-refractivity contribution in [3.05, 3.63) is 0 Å². The van der Waals surface area contributed by atoms with Gasteiger partial charge in [0.25, 0.3) is 0 Å². The van der Waals surface area contributed by atoms with Gasteiger partial charge in [-0.05, 0) is 20.3 Å². The Morgan fingerprint density at radius 3 is 2.28 bits per heavy atom. The number of carbonyl (C=O) groups excluding carboxylic acids is 1. The number of aliphatic hydroxyl groups excluding tert-OH is 1. The molecule has 0 heterocycles. The summed E-state index contributed by atoms with van der Waals surface area (Å²) in [6, 6.07) is 0. The highest BCUT2D eigenvalue weighted by molar-refractivity contribution is 5.65. The predicted octanol–water partition coefficient (Wildman–Crippen LogP) is 1.77. The van der Waals surface area contributed by atoms with E-state index in [0.717, 1.165) is 19.4 Å². The first kappa shape index (κ1) is 19.7. The van der Waals surface area contributed by atoms with Gasteiger partial charge in [-0.2, -0.15) is 0 Å². The zero-order valence-corrected chi connectivity index (χ0v) is 12.1. The van der Waals surface area contributed by atoms with Gasteiger partial charge in [0, 0.05) is 20.1 Å². The Morgan fingerprint density at radius 1 is 1.17 bits per heavy atom. The Morgan fingerprint density at radius 2 is 1.83 bits per heavy atom. The molecule has 1 unspecified atom stereocenters. The van der Waals surface area contributed by atoms with E-state index in [9.17, 15) is 4.79 Å². The zero-order valence-electron chi connectivity index (χ0n) is 12.1. The number of ether oxygens (including phenoxy) is 3. The molecule has 0 aromatic carbocycles. The van der Waals surface area contributed by atoms with E-state index in [2.05, 4.69) is 11.7 Å². The quantitative estimate of drug-likeness (QED) is 0.508. The average Bonchev–Trinajstić information content (AvgIpc) is 2.31. The van der Waals surface area contributed by atoms with E-state index < -0.39 is 0 Å². The molecular weight excluding hydrogens is 236 g/mol. The molecule has 0 aliphatic rings. The molecule has 0 spiro atoms. The maximum absolute atomic E-state index is 10.1. The first-order chi connectivity index (χ1) is 8.54. The topological polar surface area (TPSA) is 65.0 Å². The van der Waals surface area contributed by atoms with Crippen molar-refractivity contribution in [3.8, 4) is 0 Å². The molecule has 0 aliphatic carbocycles. The normalized spacial score (nSPS) is 11.4. The van der Waals surface area contributed by atoms with E-state index >= 15 is 0 Å². The molecule has 110 valence electrons. The van der Waals surface area contributed by atoms with Gasteiger partial charge < -0.3 is 19.3 Å². The second kappa shape index (κ2) is 16.4. The molecule has 1 N–H and O–H groups in total. The summed E-state index contributed by atoms with van der Waals surface area (Å²) >= 11 is 0. The number of unbranched alkanes of at least 4 members (excludes halogenated alkanes) is 1. The Balaban J connectivity index is 0. The van der Waals surface area contributed by atoms with E-state index in [0.29, 0.717) is 26.4 Å². The molecule has 0 saturated heterocycles. The number of aliphatic hydroxyl groups is 1. The van der Waals surface area contributed by atoms with Crippen molar-refractivity contribution in [2.45, 2.75) is 46.6 Å². The third-order valence-corrected chi connectivity index (χ3v) is 1.74. The third kappa shape index (κ3) is 24.5. The number of rotatable bonds is 9. The summed E-state index contributed by atoms with van der Waals surface area (Å²) in [5.74, 6) is -0.255. The summed E-state index contributed by atoms with van der Waals surface area (Å²) < 4.78 is 14.6. The summed E-state index contributed by atoms with van der Waals surface area (Å²) in [7, 11) is 0. The van der Waals surface area contributed by atoms with Crippen molar-refractivity contribution >= 4 is 5.97 Å². The Bertz CT molecular complexity index is 171. The lowest BCUT2D eigenvalue weighted by atomic mass is 10.4. The molecule has 0 aromatic rings. The molecule has 5 nitrogen and oxygen atoms in total. The largest absolute Gasteiger partial charge is 0.463 e. The molecule has 0 rings (SSSR count). The Hall–Kier alpha value is -0.650. The van der Waals surface area contributed by atoms with Crippen LogP contribution < -0.4 is 0 Å². The SMILES string of the molecule is CCCCOCC(C)O.CCOCCOC(C)=O. The lowest BCUT2D eigenvalue weighted by Gasteiger charge is -2.03. The van der Waals surface area contributed by atoms with E-state index in [1.165, 1.54) is 6.92 Å². The van der Waals surface area contributed by atoms with Crippen LogP contribution in [0.2, 0.25) is 0 Å². The molecule has 0 bridgehead atoms. The maximum atomic E-state index is 10.1. The minimum absolute atomic E-state index is 0.255. The molecular formula is C13H28O5. The van der Waals surface area contributed by atoms with Crippen molar-refractivity contribution in [2.75, 3.05) is 33.0 Å². The summed E-state index contributed by atoms with van der Waals surface area (Å²) in [5, 5.41) is 8.73. The second-order valence-corrected chi connectivity index (χ2v) is 3.81. The van der Waals surface area contributed by atoms with Crippen molar-refractivity contribution in [2.24, 2.45) is 0 Å². The molecule has 5 heteroatoms. The van der Waals surface area contributed by atoms with Crippen molar-refractivity contribution in [1.82, 2.24) is 0 Å². The number of hydrogen-bond acceptors (Lipinski definition) is 5. The fourth-order valence-corrected chi connectivity index (χ4v) is 0.889. The minimum Gasteiger partial charge on any atom is -0.463 e. The molecule has 1 atom stereocenters. The van der Waals surface area contributed by atoms with Crippen LogP contribution >= 0.6 is 0 Å². The van der Waals surface area contributed by atoms with E-state index in [4.69, 9.17) is 14.6 Å². The van der Waals surface area contributed by atoms with E-state index in [1.807, 2.05) is 6.92 Å². The van der Waals surface area contributed by atoms with Gasteiger partial charge in [0.05, 0.1) is 19.3 Å². The van der Waals surface area contributed by atoms with Gasteiger partial charge in [-0.3, -0.25) is 4.79 Å². The van der Waals surface area contributed by atoms with Gasteiger partial charge in [-0.25, -0.2) is 0 Å². The third-order valence-electron chi connectivity index (χ3n) is 1.74. The fourth-order valence-electron chi connectivity index (χ4n) is 0.889. The van der Waals surface area contributed by atoms with E-state index in [1.54, 1.807) is 6.92 Å². The van der Waals surface area contributed by atoms with Crippen LogP contribution in [-0.4, -0.2) is 50.2 Å². The molecule has 0 aromatic heterocycles. The molecule has 0 radical (unpaired) electrons. The van der Waals surface area contributed by atoms with Crippen LogP contribution in [0.25, 0.3) is 0 Å². The number of hydrogen-bond donors (Lipinski definition) is 1. The molecule has 0 fully saturated rings. The predicted molar refractivity (Wildman–Crippen MR) is 70.5 cm³/mol. The second-order valence-electron chi connectivity index (χ2n) is 3.81. The Kier molecular flexibility index (Phi) is 17.9. The summed E-state index contributed by atoms with van der Waals surface area (Å²) in [5.41, 5.74) is 0. The van der Waals surface area contributed by atoms with Crippen LogP contribution in [-0.2, 0) is 19.0 Å². The van der Waals surface area contributed by atoms with Gasteiger partial charge in [0.15, 0.2) is 0 Å². The van der Waals surface area contributed by atoms with Crippen LogP contribution in [0.4, 0.5) is 0 Å². The standard InChI is InChI=1S/C7H16O2.C6H12O3/c1-3-4-5-9-6-7(2)8;1-3-8-4-5-9-6(2)7/h7-8H,3-6H2,1-2H3;3-5H2,1-2H3. The van der Waals surface area contributed by atoms with Crippen molar-refractivity contribution < 1.29 is 24.1 Å². The summed E-state index contributed by atoms with van der Waals surface area (Å²) in [6.07, 6.45) is 1.92. The van der Waals surface area contributed by atoms with E-state index in [-0.39, 0.29) is 12.1 Å². The zero-order chi connectivity index (χ0) is 14.2. The lowest BCUT2D eigenvalue weighted by Crippen LogP contribution is -2.10. The highest BCUT2D eigenvalue weighted by Crippen LogP contribution is 1.89. The van der Waals surface area contributed by atoms with Gasteiger partial charge in [0.1, 0.15) is 6.61 Å². The van der Waals surface area contributed by atoms with Gasteiger partial charge in [0.2, 0.25) is 0 Å². The van der Waals surface area contributed by atoms with Crippen molar-refractivity contribution in [3.63, 3.8) is 0 Å². The number of carbonyl (C=O) groups is 1. The molecule has 0 saturated carbocycles. The molecule has 0 amide bonds. The first-order valence-electron chi connectivity index (χ1n) is 6.51. The average molecular weight is 264 g/mol. The summed E-state index contributed by atoms with van der Waals surface area (Å²) in [6.45, 7) is 9.90. The Labute approximate surface area is 110 Å². The van der Waals surface area contributed by atoms with Crippen LogP contribution in [0.15, 0.2) is 0 Å². The van der Waals surface area contributed by atoms with Gasteiger partial charge in [-0.15, -0.1) is 0 Å². The highest BCUT2D eigenvalue weighted by Gasteiger charge is 1.92. The smallest absolute Gasteiger partial charge is 0.302 e. The van der Waals surface area contributed by atoms with Crippen LogP contribution in [0, 0.1) is 0 Å². The highest BCUT2D eigenvalue weighted by atomic mass is 16.6. The van der Waals surface area contributed by atoms with Crippen LogP contribution in [0.3, 0.4) is 0 Å². The van der Waals surface area contributed by atoms with Gasteiger partial charge in [-0.1, -0.05) is 13.3 Å². The fraction of sp³-hybridized carbons (Fsp3) is 0.923. The van der Waals surface area contributed by atoms with Gasteiger partial charge >= 0.3 is 5.97 Å². The summed E-state index contributed by atoms with van der Waals surface area (Å²) in [4.78, 5) is 10.1. The van der Waals surface area contributed by atoms with Crippen LogP contribution in [0.1, 0.15) is 40.5 Å². The number of esters is 1. The van der Waals surface area contributed by atoms with Crippen molar-refractivity contribution in [1.29, 1.82) is 0 Å². The first-order valence-corrected chi connectivity index (χ1v) is 6.51. The monoisotopic (exact) mass is 264 g/mol. The minimum atomic E-state index is -0.318. The van der Waals surface area contributed by atoms with Crippen LogP contribution in [0.5, 0.6) is 0 Å².